The minimum absolute atomic E-state index is 0.0325. The maximum atomic E-state index is 13.6. The highest BCUT2D eigenvalue weighted by Gasteiger charge is 2.12. The first-order chi connectivity index (χ1) is 12.5. The molecule has 2 rings (SSSR count). The smallest absolute Gasteiger partial charge is 0.338 e. The zero-order chi connectivity index (χ0) is 18.9. The molecule has 5 nitrogen and oxygen atoms in total. The minimum atomic E-state index is -0.583. The summed E-state index contributed by atoms with van der Waals surface area (Å²) in [5, 5.41) is 2.60. The fraction of sp³-hybridized carbons (Fsp3) is 0.300. The molecule has 0 atom stereocenters. The van der Waals surface area contributed by atoms with Crippen LogP contribution in [-0.4, -0.2) is 38.1 Å². The highest BCUT2D eigenvalue weighted by Crippen LogP contribution is 2.13. The summed E-state index contributed by atoms with van der Waals surface area (Å²) in [6.45, 7) is 7.30. The van der Waals surface area contributed by atoms with Crippen molar-refractivity contribution in [1.29, 1.82) is 0 Å². The Bertz CT molecular complexity index is 743. The van der Waals surface area contributed by atoms with E-state index in [0.29, 0.717) is 17.9 Å². The van der Waals surface area contributed by atoms with Crippen LogP contribution in [0.3, 0.4) is 0 Å². The topological polar surface area (TPSA) is 59.8 Å². The Morgan fingerprint density at radius 2 is 1.69 bits per heavy atom. The summed E-state index contributed by atoms with van der Waals surface area (Å²) in [6, 6.07) is 12.1. The van der Waals surface area contributed by atoms with E-state index in [4.69, 9.17) is 4.74 Å². The number of hydrogen-bond acceptors (Lipinski definition) is 3. The zero-order valence-electron chi connectivity index (χ0n) is 15.0. The lowest BCUT2D eigenvalue weighted by atomic mass is 10.1. The average Bonchev–Trinajstić information content (AvgIpc) is 2.66. The number of likely N-dealkylation sites (N-methyl/N-ethyl adjacent to an activating group) is 1. The largest absolute Gasteiger partial charge is 0.456 e. The molecular weight excluding hydrogens is 335 g/mol. The van der Waals surface area contributed by atoms with Crippen LogP contribution >= 0.6 is 0 Å². The van der Waals surface area contributed by atoms with E-state index in [9.17, 15) is 14.0 Å². The molecule has 26 heavy (non-hydrogen) atoms. The number of benzene rings is 2. The summed E-state index contributed by atoms with van der Waals surface area (Å²) < 4.78 is 18.9. The van der Waals surface area contributed by atoms with E-state index < -0.39 is 17.7 Å². The first kappa shape index (κ1) is 19.6. The second-order valence-corrected chi connectivity index (χ2v) is 5.85. The van der Waals surface area contributed by atoms with E-state index in [1.165, 1.54) is 23.1 Å². The number of hydrogen-bond donors (Lipinski definition) is 2. The van der Waals surface area contributed by atoms with Crippen LogP contribution in [0.4, 0.5) is 10.1 Å². The van der Waals surface area contributed by atoms with Crippen molar-refractivity contribution in [3.63, 3.8) is 0 Å². The van der Waals surface area contributed by atoms with Gasteiger partial charge >= 0.3 is 5.97 Å². The van der Waals surface area contributed by atoms with Crippen molar-refractivity contribution in [3.05, 3.63) is 65.5 Å². The summed E-state index contributed by atoms with van der Waals surface area (Å²) in [7, 11) is 0. The molecule has 0 heterocycles. The SMILES string of the molecule is CC[NH+](CC)CCOC(=O)c1ccc(NC(=O)c2ccccc2F)cc1. The first-order valence-electron chi connectivity index (χ1n) is 8.71. The van der Waals surface area contributed by atoms with E-state index in [0.717, 1.165) is 19.6 Å². The highest BCUT2D eigenvalue weighted by molar-refractivity contribution is 6.04. The van der Waals surface area contributed by atoms with Gasteiger partial charge < -0.3 is 15.0 Å². The number of carbonyl (C=O) groups is 2. The predicted molar refractivity (Wildman–Crippen MR) is 98.0 cm³/mol. The monoisotopic (exact) mass is 359 g/mol. The average molecular weight is 359 g/mol. The van der Waals surface area contributed by atoms with Crippen LogP contribution in [0.25, 0.3) is 0 Å². The lowest BCUT2D eigenvalue weighted by molar-refractivity contribution is -0.896. The Morgan fingerprint density at radius 3 is 2.31 bits per heavy atom. The van der Waals surface area contributed by atoms with Gasteiger partial charge in [-0.3, -0.25) is 4.79 Å². The molecule has 0 spiro atoms. The molecular formula is C20H24FN2O3+. The van der Waals surface area contributed by atoms with Gasteiger partial charge in [0.2, 0.25) is 0 Å². The van der Waals surface area contributed by atoms with E-state index in [-0.39, 0.29) is 5.56 Å². The number of anilines is 1. The lowest BCUT2D eigenvalue weighted by Gasteiger charge is -2.15. The standard InChI is InChI=1S/C20H23FN2O3/c1-3-23(4-2)13-14-26-20(25)15-9-11-16(12-10-15)22-19(24)17-7-5-6-8-18(17)21/h5-12H,3-4,13-14H2,1-2H3,(H,22,24)/p+1. The van der Waals surface area contributed by atoms with Crippen molar-refractivity contribution in [3.8, 4) is 0 Å². The van der Waals surface area contributed by atoms with Gasteiger partial charge in [0, 0.05) is 5.69 Å². The molecule has 0 aromatic heterocycles. The predicted octanol–water partition coefficient (Wildman–Crippen LogP) is 2.16. The third-order valence-corrected chi connectivity index (χ3v) is 4.19. The van der Waals surface area contributed by atoms with Gasteiger partial charge in [-0.1, -0.05) is 12.1 Å². The van der Waals surface area contributed by atoms with E-state index in [1.807, 2.05) is 0 Å². The fourth-order valence-electron chi connectivity index (χ4n) is 2.51. The Morgan fingerprint density at radius 1 is 1.04 bits per heavy atom. The van der Waals surface area contributed by atoms with Crippen molar-refractivity contribution < 1.29 is 23.6 Å². The van der Waals surface area contributed by atoms with Crippen molar-refractivity contribution in [1.82, 2.24) is 0 Å². The van der Waals surface area contributed by atoms with Gasteiger partial charge in [-0.25, -0.2) is 9.18 Å². The number of rotatable bonds is 8. The Kier molecular flexibility index (Phi) is 7.29. The van der Waals surface area contributed by atoms with Gasteiger partial charge in [0.15, 0.2) is 0 Å². The normalized spacial score (nSPS) is 10.6. The molecule has 0 radical (unpaired) electrons. The van der Waals surface area contributed by atoms with Crippen LogP contribution in [0.5, 0.6) is 0 Å². The van der Waals surface area contributed by atoms with Crippen LogP contribution in [0.15, 0.2) is 48.5 Å². The number of carbonyl (C=O) groups excluding carboxylic acids is 2. The minimum Gasteiger partial charge on any atom is -0.456 e. The first-order valence-corrected chi connectivity index (χ1v) is 8.71. The number of esters is 1. The molecule has 0 fully saturated rings. The second-order valence-electron chi connectivity index (χ2n) is 5.85. The third-order valence-electron chi connectivity index (χ3n) is 4.19. The van der Waals surface area contributed by atoms with E-state index >= 15 is 0 Å². The van der Waals surface area contributed by atoms with Gasteiger partial charge in [0.05, 0.1) is 24.2 Å². The fourth-order valence-corrected chi connectivity index (χ4v) is 2.51. The summed E-state index contributed by atoms with van der Waals surface area (Å²) in [5.74, 6) is -1.52. The summed E-state index contributed by atoms with van der Waals surface area (Å²) in [4.78, 5) is 25.5. The third kappa shape index (κ3) is 5.39. The summed E-state index contributed by atoms with van der Waals surface area (Å²) in [6.07, 6.45) is 0. The highest BCUT2D eigenvalue weighted by atomic mass is 19.1. The van der Waals surface area contributed by atoms with Crippen molar-refractivity contribution in [2.45, 2.75) is 13.8 Å². The zero-order valence-corrected chi connectivity index (χ0v) is 15.0. The van der Waals surface area contributed by atoms with Gasteiger partial charge in [-0.05, 0) is 50.2 Å². The van der Waals surface area contributed by atoms with Gasteiger partial charge in [0.25, 0.3) is 5.91 Å². The number of nitrogens with one attached hydrogen (secondary N) is 2. The second kappa shape index (κ2) is 9.68. The van der Waals surface area contributed by atoms with Crippen LogP contribution in [0.2, 0.25) is 0 Å². The van der Waals surface area contributed by atoms with Crippen LogP contribution in [-0.2, 0) is 4.74 Å². The van der Waals surface area contributed by atoms with Gasteiger partial charge in [-0.2, -0.15) is 0 Å². The molecule has 0 aliphatic rings. The molecule has 0 aliphatic heterocycles. The molecule has 2 aromatic carbocycles. The lowest BCUT2D eigenvalue weighted by Crippen LogP contribution is -3.11. The number of halogens is 1. The molecule has 0 saturated carbocycles. The summed E-state index contributed by atoms with van der Waals surface area (Å²) >= 11 is 0. The molecule has 0 bridgehead atoms. The van der Waals surface area contributed by atoms with Crippen molar-refractivity contribution in [2.75, 3.05) is 31.6 Å². The van der Waals surface area contributed by atoms with Crippen LogP contribution in [0, 0.1) is 5.82 Å². The molecule has 0 unspecified atom stereocenters. The van der Waals surface area contributed by atoms with Crippen LogP contribution < -0.4 is 10.2 Å². The Balaban J connectivity index is 1.90. The van der Waals surface area contributed by atoms with E-state index in [1.54, 1.807) is 30.3 Å². The molecule has 2 aromatic rings. The number of ether oxygens (including phenoxy) is 1. The Labute approximate surface area is 152 Å². The molecule has 1 amide bonds. The van der Waals surface area contributed by atoms with E-state index in [2.05, 4.69) is 19.2 Å². The number of quaternary nitrogens is 1. The molecule has 138 valence electrons. The molecule has 6 heteroatoms. The maximum absolute atomic E-state index is 13.6. The molecule has 0 saturated heterocycles. The molecule has 0 aliphatic carbocycles. The van der Waals surface area contributed by atoms with Gasteiger partial charge in [0.1, 0.15) is 19.0 Å². The summed E-state index contributed by atoms with van der Waals surface area (Å²) in [5.41, 5.74) is 0.848. The Hall–Kier alpha value is -2.73. The maximum Gasteiger partial charge on any atom is 0.338 e. The van der Waals surface area contributed by atoms with Crippen LogP contribution in [0.1, 0.15) is 34.6 Å². The van der Waals surface area contributed by atoms with Crippen molar-refractivity contribution >= 4 is 17.6 Å². The quantitative estimate of drug-likeness (QED) is 0.710. The van der Waals surface area contributed by atoms with Gasteiger partial charge in [-0.15, -0.1) is 0 Å². The molecule has 2 N–H and O–H groups in total. The van der Waals surface area contributed by atoms with Crippen molar-refractivity contribution in [2.24, 2.45) is 0 Å². The number of amides is 1.